The second-order valence-corrected chi connectivity index (χ2v) is 5.68. The van der Waals surface area contributed by atoms with Crippen LogP contribution in [0.5, 0.6) is 0 Å². The van der Waals surface area contributed by atoms with E-state index in [4.69, 9.17) is 5.73 Å². The molecule has 0 amide bonds. The standard InChI is InChI=1S/C8H12BrN3O2S/c9-7-2-3-8(11-6-7)12-15(13,14)5-1-4-10/h2-3,6H,1,4-5,10H2,(H,11,12). The minimum absolute atomic E-state index is 0.0151. The van der Waals surface area contributed by atoms with Crippen LogP contribution in [0.2, 0.25) is 0 Å². The number of nitrogens with one attached hydrogen (secondary N) is 1. The van der Waals surface area contributed by atoms with Gasteiger partial charge in [0.05, 0.1) is 5.75 Å². The Balaban J connectivity index is 2.65. The summed E-state index contributed by atoms with van der Waals surface area (Å²) in [5.74, 6) is 0.330. The van der Waals surface area contributed by atoms with Crippen LogP contribution < -0.4 is 10.5 Å². The first-order chi connectivity index (χ1) is 7.03. The van der Waals surface area contributed by atoms with Gasteiger partial charge in [0, 0.05) is 10.7 Å². The lowest BCUT2D eigenvalue weighted by Gasteiger charge is -2.05. The molecule has 5 nitrogen and oxygen atoms in total. The van der Waals surface area contributed by atoms with E-state index in [1.165, 1.54) is 6.20 Å². The third-order valence-corrected chi connectivity index (χ3v) is 3.42. The van der Waals surface area contributed by atoms with Crippen LogP contribution in [-0.4, -0.2) is 25.7 Å². The topological polar surface area (TPSA) is 85.1 Å². The first kappa shape index (κ1) is 12.4. The second kappa shape index (κ2) is 5.43. The van der Waals surface area contributed by atoms with Crippen molar-refractivity contribution in [2.75, 3.05) is 17.0 Å². The van der Waals surface area contributed by atoms with Crippen LogP contribution in [0.4, 0.5) is 5.82 Å². The Morgan fingerprint density at radius 2 is 2.20 bits per heavy atom. The third-order valence-electron chi connectivity index (χ3n) is 1.60. The van der Waals surface area contributed by atoms with E-state index in [9.17, 15) is 8.42 Å². The number of hydrogen-bond donors (Lipinski definition) is 2. The minimum atomic E-state index is -3.32. The van der Waals surface area contributed by atoms with Gasteiger partial charge in [-0.15, -0.1) is 0 Å². The molecule has 0 atom stereocenters. The molecule has 7 heteroatoms. The lowest BCUT2D eigenvalue weighted by Crippen LogP contribution is -2.19. The number of hydrogen-bond acceptors (Lipinski definition) is 4. The molecular formula is C8H12BrN3O2S. The summed E-state index contributed by atoms with van der Waals surface area (Å²) in [6, 6.07) is 3.30. The molecule has 0 radical (unpaired) electrons. The highest BCUT2D eigenvalue weighted by Gasteiger charge is 2.09. The average Bonchev–Trinajstić information content (AvgIpc) is 2.18. The Hall–Kier alpha value is -0.660. The molecule has 1 aromatic rings. The molecule has 3 N–H and O–H groups in total. The van der Waals surface area contributed by atoms with Crippen molar-refractivity contribution in [2.45, 2.75) is 6.42 Å². The molecule has 1 heterocycles. The maximum Gasteiger partial charge on any atom is 0.233 e. The SMILES string of the molecule is NCCCS(=O)(=O)Nc1ccc(Br)cn1. The minimum Gasteiger partial charge on any atom is -0.330 e. The molecule has 0 saturated carbocycles. The maximum absolute atomic E-state index is 11.4. The van der Waals surface area contributed by atoms with Crippen LogP contribution in [0, 0.1) is 0 Å². The fourth-order valence-corrected chi connectivity index (χ4v) is 2.24. The van der Waals surface area contributed by atoms with Gasteiger partial charge in [-0.1, -0.05) is 0 Å². The molecule has 0 saturated heterocycles. The predicted octanol–water partition coefficient (Wildman–Crippen LogP) is 0.935. The summed E-state index contributed by atoms with van der Waals surface area (Å²) in [7, 11) is -3.32. The van der Waals surface area contributed by atoms with Crippen molar-refractivity contribution in [3.05, 3.63) is 22.8 Å². The van der Waals surface area contributed by atoms with Gasteiger partial charge in [0.1, 0.15) is 5.82 Å². The van der Waals surface area contributed by atoms with Crippen molar-refractivity contribution in [1.29, 1.82) is 0 Å². The van der Waals surface area contributed by atoms with Crippen molar-refractivity contribution < 1.29 is 8.42 Å². The quantitative estimate of drug-likeness (QED) is 0.846. The molecule has 0 aliphatic rings. The zero-order valence-corrected chi connectivity index (χ0v) is 10.4. The number of aromatic nitrogens is 1. The van der Waals surface area contributed by atoms with E-state index in [0.29, 0.717) is 18.8 Å². The van der Waals surface area contributed by atoms with E-state index in [1.807, 2.05) is 0 Å². The number of sulfonamides is 1. The van der Waals surface area contributed by atoms with Gasteiger partial charge in [-0.3, -0.25) is 4.72 Å². The molecule has 0 bridgehead atoms. The summed E-state index contributed by atoms with van der Waals surface area (Å²) in [5.41, 5.74) is 5.23. The highest BCUT2D eigenvalue weighted by Crippen LogP contribution is 2.11. The molecule has 0 aliphatic heterocycles. The van der Waals surface area contributed by atoms with Gasteiger partial charge < -0.3 is 5.73 Å². The van der Waals surface area contributed by atoms with Gasteiger partial charge in [0.2, 0.25) is 10.0 Å². The maximum atomic E-state index is 11.4. The molecule has 0 spiro atoms. The Kier molecular flexibility index (Phi) is 4.49. The largest absolute Gasteiger partial charge is 0.330 e. The predicted molar refractivity (Wildman–Crippen MR) is 63.0 cm³/mol. The van der Waals surface area contributed by atoms with Crippen molar-refractivity contribution in [2.24, 2.45) is 5.73 Å². The summed E-state index contributed by atoms with van der Waals surface area (Å²) in [6.45, 7) is 0.356. The van der Waals surface area contributed by atoms with E-state index in [1.54, 1.807) is 12.1 Å². The van der Waals surface area contributed by atoms with Crippen LogP contribution in [0.15, 0.2) is 22.8 Å². The zero-order valence-electron chi connectivity index (χ0n) is 7.98. The first-order valence-electron chi connectivity index (χ1n) is 4.35. The average molecular weight is 294 g/mol. The molecule has 0 fully saturated rings. The van der Waals surface area contributed by atoms with E-state index in [-0.39, 0.29) is 5.75 Å². The van der Waals surface area contributed by atoms with Gasteiger partial charge in [0.15, 0.2) is 0 Å². The number of pyridine rings is 1. The van der Waals surface area contributed by atoms with Gasteiger partial charge in [0.25, 0.3) is 0 Å². The smallest absolute Gasteiger partial charge is 0.233 e. The number of anilines is 1. The second-order valence-electron chi connectivity index (χ2n) is 2.92. The molecule has 0 aromatic carbocycles. The number of halogens is 1. The molecule has 1 aromatic heterocycles. The third kappa shape index (κ3) is 4.59. The number of nitrogens with zero attached hydrogens (tertiary/aromatic N) is 1. The van der Waals surface area contributed by atoms with Crippen molar-refractivity contribution >= 4 is 31.8 Å². The lowest BCUT2D eigenvalue weighted by molar-refractivity contribution is 0.598. The summed E-state index contributed by atoms with van der Waals surface area (Å²) >= 11 is 3.21. The van der Waals surface area contributed by atoms with Crippen LogP contribution in [0.25, 0.3) is 0 Å². The summed E-state index contributed by atoms with van der Waals surface area (Å²) in [6.07, 6.45) is 1.96. The monoisotopic (exact) mass is 293 g/mol. The summed E-state index contributed by atoms with van der Waals surface area (Å²) in [4.78, 5) is 3.90. The first-order valence-corrected chi connectivity index (χ1v) is 6.80. The Bertz CT molecular complexity index is 404. The van der Waals surface area contributed by atoms with Gasteiger partial charge in [-0.05, 0) is 41.0 Å². The molecule has 0 aliphatic carbocycles. The fourth-order valence-electron chi connectivity index (χ4n) is 0.920. The van der Waals surface area contributed by atoms with Crippen molar-refractivity contribution in [3.8, 4) is 0 Å². The Morgan fingerprint density at radius 3 is 2.73 bits per heavy atom. The molecule has 0 unspecified atom stereocenters. The van der Waals surface area contributed by atoms with Crippen LogP contribution in [0.3, 0.4) is 0 Å². The highest BCUT2D eigenvalue weighted by molar-refractivity contribution is 9.10. The van der Waals surface area contributed by atoms with Crippen LogP contribution in [-0.2, 0) is 10.0 Å². The molecular weight excluding hydrogens is 282 g/mol. The van der Waals surface area contributed by atoms with E-state index < -0.39 is 10.0 Å². The van der Waals surface area contributed by atoms with Gasteiger partial charge in [-0.2, -0.15) is 0 Å². The van der Waals surface area contributed by atoms with Crippen molar-refractivity contribution in [1.82, 2.24) is 4.98 Å². The highest BCUT2D eigenvalue weighted by atomic mass is 79.9. The fraction of sp³-hybridized carbons (Fsp3) is 0.375. The lowest BCUT2D eigenvalue weighted by atomic mass is 10.5. The van der Waals surface area contributed by atoms with Crippen LogP contribution >= 0.6 is 15.9 Å². The van der Waals surface area contributed by atoms with Gasteiger partial charge >= 0.3 is 0 Å². The normalized spacial score (nSPS) is 11.3. The van der Waals surface area contributed by atoms with E-state index >= 15 is 0 Å². The molecule has 15 heavy (non-hydrogen) atoms. The molecule has 1 rings (SSSR count). The number of rotatable bonds is 5. The number of nitrogens with two attached hydrogens (primary N) is 1. The Labute approximate surface area is 97.3 Å². The Morgan fingerprint density at radius 1 is 1.47 bits per heavy atom. The summed E-state index contributed by atoms with van der Waals surface area (Å²) in [5, 5.41) is 0. The van der Waals surface area contributed by atoms with Crippen molar-refractivity contribution in [3.63, 3.8) is 0 Å². The summed E-state index contributed by atoms with van der Waals surface area (Å²) < 4.78 is 26.0. The van der Waals surface area contributed by atoms with E-state index in [0.717, 1.165) is 4.47 Å². The van der Waals surface area contributed by atoms with E-state index in [2.05, 4.69) is 25.6 Å². The van der Waals surface area contributed by atoms with Gasteiger partial charge in [-0.25, -0.2) is 13.4 Å². The molecule has 84 valence electrons. The van der Waals surface area contributed by atoms with Crippen LogP contribution in [0.1, 0.15) is 6.42 Å². The zero-order chi connectivity index (χ0) is 11.3.